The number of nitrogens with zero attached hydrogens (tertiary/aromatic N) is 3. The van der Waals surface area contributed by atoms with Crippen LogP contribution in [0.25, 0.3) is 11.1 Å². The number of benzene rings is 1. The number of hydrogen-bond donors (Lipinski definition) is 1. The van der Waals surface area contributed by atoms with Gasteiger partial charge in [0.15, 0.2) is 14.3 Å². The zero-order valence-electron chi connectivity index (χ0n) is 11.8. The zero-order chi connectivity index (χ0) is 16.2. The van der Waals surface area contributed by atoms with E-state index in [1.807, 2.05) is 18.2 Å². The van der Waals surface area contributed by atoms with Crippen LogP contribution in [-0.4, -0.2) is 32.2 Å². The number of aromatic nitrogens is 3. The number of primary amides is 1. The summed E-state index contributed by atoms with van der Waals surface area (Å²) in [5.41, 5.74) is 6.46. The number of nitrogens with two attached hydrogens (primary N) is 1. The SMILES string of the molecule is NC(=O)CSc1nnc(SCCn2c(=O)oc3ccccc32)s1. The predicted molar refractivity (Wildman–Crippen MR) is 91.0 cm³/mol. The van der Waals surface area contributed by atoms with Crippen molar-refractivity contribution < 1.29 is 9.21 Å². The second-order valence-electron chi connectivity index (χ2n) is 4.42. The highest BCUT2D eigenvalue weighted by Crippen LogP contribution is 2.28. The van der Waals surface area contributed by atoms with Gasteiger partial charge >= 0.3 is 5.76 Å². The zero-order valence-corrected chi connectivity index (χ0v) is 14.2. The highest BCUT2D eigenvalue weighted by atomic mass is 32.2. The van der Waals surface area contributed by atoms with Gasteiger partial charge in [-0.1, -0.05) is 47.0 Å². The second kappa shape index (κ2) is 7.20. The molecule has 0 radical (unpaired) electrons. The Morgan fingerprint density at radius 1 is 1.26 bits per heavy atom. The minimum absolute atomic E-state index is 0.190. The van der Waals surface area contributed by atoms with E-state index < -0.39 is 0 Å². The van der Waals surface area contributed by atoms with Gasteiger partial charge in [0.2, 0.25) is 5.91 Å². The van der Waals surface area contributed by atoms with Crippen LogP contribution in [0.2, 0.25) is 0 Å². The molecule has 0 spiro atoms. The fourth-order valence-electron chi connectivity index (χ4n) is 1.90. The van der Waals surface area contributed by atoms with Gasteiger partial charge in [0.1, 0.15) is 0 Å². The number of oxazole rings is 1. The summed E-state index contributed by atoms with van der Waals surface area (Å²) in [7, 11) is 0. The van der Waals surface area contributed by atoms with Crippen molar-refractivity contribution in [1.29, 1.82) is 0 Å². The third-order valence-corrected chi connectivity index (χ3v) is 6.03. The lowest BCUT2D eigenvalue weighted by Gasteiger charge is -1.99. The number of hydrogen-bond acceptors (Lipinski definition) is 8. The first-order valence-corrected chi connectivity index (χ1v) is 9.38. The van der Waals surface area contributed by atoms with Gasteiger partial charge in [-0.25, -0.2) is 4.79 Å². The Labute approximate surface area is 143 Å². The molecule has 120 valence electrons. The lowest BCUT2D eigenvalue weighted by atomic mass is 10.3. The molecule has 0 unspecified atom stereocenters. The van der Waals surface area contributed by atoms with Crippen molar-refractivity contribution in [2.24, 2.45) is 5.73 Å². The average molecular weight is 368 g/mol. The van der Waals surface area contributed by atoms with E-state index in [0.29, 0.717) is 22.2 Å². The summed E-state index contributed by atoms with van der Waals surface area (Å²) in [6.45, 7) is 0.518. The third kappa shape index (κ3) is 3.95. The maximum Gasteiger partial charge on any atom is 0.419 e. The average Bonchev–Trinajstić information content (AvgIpc) is 3.10. The van der Waals surface area contributed by atoms with E-state index in [-0.39, 0.29) is 17.4 Å². The van der Waals surface area contributed by atoms with Crippen LogP contribution in [0.3, 0.4) is 0 Å². The molecule has 0 aliphatic carbocycles. The molecular formula is C13H12N4O3S3. The molecule has 2 N–H and O–H groups in total. The van der Waals surface area contributed by atoms with E-state index in [4.69, 9.17) is 10.2 Å². The van der Waals surface area contributed by atoms with Crippen molar-refractivity contribution in [2.45, 2.75) is 15.2 Å². The number of carbonyl (C=O) groups excluding carboxylic acids is 1. The first-order valence-electron chi connectivity index (χ1n) is 6.59. The van der Waals surface area contributed by atoms with E-state index in [1.54, 1.807) is 10.6 Å². The van der Waals surface area contributed by atoms with Crippen molar-refractivity contribution in [3.05, 3.63) is 34.8 Å². The molecule has 3 aromatic rings. The van der Waals surface area contributed by atoms with Gasteiger partial charge < -0.3 is 10.2 Å². The number of fused-ring (bicyclic) bond motifs is 1. The lowest BCUT2D eigenvalue weighted by Crippen LogP contribution is -2.15. The first kappa shape index (κ1) is 16.1. The molecule has 0 aliphatic rings. The highest BCUT2D eigenvalue weighted by Gasteiger charge is 2.10. The summed E-state index contributed by atoms with van der Waals surface area (Å²) in [5.74, 6) is 0.112. The number of para-hydroxylation sites is 2. The Balaban J connectivity index is 1.60. The largest absolute Gasteiger partial charge is 0.419 e. The van der Waals surface area contributed by atoms with Gasteiger partial charge in [-0.3, -0.25) is 9.36 Å². The van der Waals surface area contributed by atoms with Crippen LogP contribution in [0.5, 0.6) is 0 Å². The van der Waals surface area contributed by atoms with E-state index in [1.165, 1.54) is 34.9 Å². The van der Waals surface area contributed by atoms with Crippen molar-refractivity contribution in [3.63, 3.8) is 0 Å². The van der Waals surface area contributed by atoms with Crippen LogP contribution in [0.15, 0.2) is 42.2 Å². The summed E-state index contributed by atoms with van der Waals surface area (Å²) >= 11 is 4.18. The van der Waals surface area contributed by atoms with Crippen LogP contribution in [0, 0.1) is 0 Å². The number of thioether (sulfide) groups is 2. The fourth-order valence-corrected chi connectivity index (χ4v) is 4.65. The molecule has 7 nitrogen and oxygen atoms in total. The molecule has 0 aliphatic heterocycles. The second-order valence-corrected chi connectivity index (χ2v) is 7.97. The molecular weight excluding hydrogens is 356 g/mol. The minimum atomic E-state index is -0.384. The molecule has 2 heterocycles. The highest BCUT2D eigenvalue weighted by molar-refractivity contribution is 8.03. The van der Waals surface area contributed by atoms with E-state index in [0.717, 1.165) is 9.86 Å². The number of carbonyl (C=O) groups is 1. The Hall–Kier alpha value is -1.78. The maximum absolute atomic E-state index is 11.8. The molecule has 2 aromatic heterocycles. The summed E-state index contributed by atoms with van der Waals surface area (Å²) in [6.07, 6.45) is 0. The smallest absolute Gasteiger partial charge is 0.408 e. The van der Waals surface area contributed by atoms with E-state index in [2.05, 4.69) is 10.2 Å². The van der Waals surface area contributed by atoms with Gasteiger partial charge in [0, 0.05) is 12.3 Å². The number of amides is 1. The molecule has 3 rings (SSSR count). The fraction of sp³-hybridized carbons (Fsp3) is 0.231. The summed E-state index contributed by atoms with van der Waals surface area (Å²) in [4.78, 5) is 22.6. The van der Waals surface area contributed by atoms with E-state index >= 15 is 0 Å². The third-order valence-electron chi connectivity index (χ3n) is 2.84. The minimum Gasteiger partial charge on any atom is -0.408 e. The molecule has 1 aromatic carbocycles. The predicted octanol–water partition coefficient (Wildman–Crippen LogP) is 1.82. The van der Waals surface area contributed by atoms with Gasteiger partial charge in [-0.2, -0.15) is 0 Å². The molecule has 0 saturated heterocycles. The quantitative estimate of drug-likeness (QED) is 0.634. The van der Waals surface area contributed by atoms with Crippen molar-refractivity contribution in [2.75, 3.05) is 11.5 Å². The van der Waals surface area contributed by atoms with Crippen LogP contribution < -0.4 is 11.5 Å². The van der Waals surface area contributed by atoms with Gasteiger partial charge in [-0.05, 0) is 12.1 Å². The van der Waals surface area contributed by atoms with Gasteiger partial charge in [0.25, 0.3) is 0 Å². The Kier molecular flexibility index (Phi) is 5.03. The first-order chi connectivity index (χ1) is 11.1. The van der Waals surface area contributed by atoms with Crippen LogP contribution >= 0.6 is 34.9 Å². The molecule has 1 amide bonds. The number of rotatable bonds is 7. The molecule has 0 fully saturated rings. The Bertz CT molecular complexity index is 886. The van der Waals surface area contributed by atoms with Crippen LogP contribution in [0.1, 0.15) is 0 Å². The van der Waals surface area contributed by atoms with Crippen molar-refractivity contribution in [1.82, 2.24) is 14.8 Å². The van der Waals surface area contributed by atoms with Gasteiger partial charge in [-0.15, -0.1) is 10.2 Å². The van der Waals surface area contributed by atoms with Crippen LogP contribution in [0.4, 0.5) is 0 Å². The Morgan fingerprint density at radius 3 is 2.78 bits per heavy atom. The molecule has 0 bridgehead atoms. The number of aryl methyl sites for hydroxylation is 1. The molecule has 10 heteroatoms. The maximum atomic E-state index is 11.8. The van der Waals surface area contributed by atoms with Crippen molar-refractivity contribution >= 4 is 51.9 Å². The summed E-state index contributed by atoms with van der Waals surface area (Å²) in [6, 6.07) is 7.33. The topological polar surface area (TPSA) is 104 Å². The molecule has 0 saturated carbocycles. The normalized spacial score (nSPS) is 11.1. The van der Waals surface area contributed by atoms with Gasteiger partial charge in [0.05, 0.1) is 11.3 Å². The Morgan fingerprint density at radius 2 is 2.00 bits per heavy atom. The molecule has 0 atom stereocenters. The van der Waals surface area contributed by atoms with Crippen LogP contribution in [-0.2, 0) is 11.3 Å². The van der Waals surface area contributed by atoms with Crippen molar-refractivity contribution in [3.8, 4) is 0 Å². The lowest BCUT2D eigenvalue weighted by molar-refractivity contribution is -0.115. The van der Waals surface area contributed by atoms with E-state index in [9.17, 15) is 9.59 Å². The monoisotopic (exact) mass is 368 g/mol. The summed E-state index contributed by atoms with van der Waals surface area (Å²) in [5, 5.41) is 8.03. The molecule has 23 heavy (non-hydrogen) atoms. The summed E-state index contributed by atoms with van der Waals surface area (Å²) < 4.78 is 8.28. The standard InChI is InChI=1S/C13H12N4O3S3/c14-10(18)7-22-12-16-15-11(23-12)21-6-5-17-8-3-1-2-4-9(8)20-13(17)19/h1-4H,5-7H2,(H2,14,18).